The summed E-state index contributed by atoms with van der Waals surface area (Å²) in [5.41, 5.74) is 5.25. The average Bonchev–Trinajstić information content (AvgIpc) is 2.26. The van der Waals surface area contributed by atoms with Crippen LogP contribution in [0.4, 0.5) is 4.79 Å². The molecule has 0 atom stereocenters. The lowest BCUT2D eigenvalue weighted by Crippen LogP contribution is -2.57. The zero-order valence-electron chi connectivity index (χ0n) is 12.4. The van der Waals surface area contributed by atoms with Gasteiger partial charge in [-0.2, -0.15) is 0 Å². The van der Waals surface area contributed by atoms with Crippen molar-refractivity contribution in [3.63, 3.8) is 0 Å². The Morgan fingerprint density at radius 2 is 1.84 bits per heavy atom. The molecule has 2 aliphatic heterocycles. The fourth-order valence-corrected chi connectivity index (χ4v) is 2.80. The van der Waals surface area contributed by atoms with Crippen molar-refractivity contribution < 1.29 is 9.53 Å². The van der Waals surface area contributed by atoms with Crippen LogP contribution in [0.1, 0.15) is 33.6 Å². The molecule has 2 rings (SSSR count). The van der Waals surface area contributed by atoms with Gasteiger partial charge in [0.15, 0.2) is 0 Å². The molecule has 0 aromatic heterocycles. The molecule has 5 heteroatoms. The second-order valence-electron chi connectivity index (χ2n) is 6.75. The molecular weight excluding hydrogens is 242 g/mol. The summed E-state index contributed by atoms with van der Waals surface area (Å²) >= 11 is 0. The van der Waals surface area contributed by atoms with Crippen molar-refractivity contribution in [2.24, 2.45) is 11.7 Å². The molecule has 0 unspecified atom stereocenters. The van der Waals surface area contributed by atoms with E-state index in [1.165, 1.54) is 0 Å². The van der Waals surface area contributed by atoms with Gasteiger partial charge in [0.05, 0.1) is 0 Å². The molecule has 2 heterocycles. The average molecular weight is 269 g/mol. The quantitative estimate of drug-likeness (QED) is 0.820. The monoisotopic (exact) mass is 269 g/mol. The molecule has 1 amide bonds. The summed E-state index contributed by atoms with van der Waals surface area (Å²) in [4.78, 5) is 16.3. The summed E-state index contributed by atoms with van der Waals surface area (Å²) in [5.74, 6) is 0.684. The summed E-state index contributed by atoms with van der Waals surface area (Å²) in [6.07, 6.45) is 1.93. The van der Waals surface area contributed by atoms with E-state index in [0.717, 1.165) is 45.6 Å². The first kappa shape index (κ1) is 14.6. The number of carbonyl (C=O) groups excluding carboxylic acids is 1. The maximum absolute atomic E-state index is 11.9. The zero-order chi connectivity index (χ0) is 14.0. The largest absolute Gasteiger partial charge is 0.444 e. The molecule has 0 radical (unpaired) electrons. The van der Waals surface area contributed by atoms with Crippen LogP contribution in [0.2, 0.25) is 0 Å². The zero-order valence-corrected chi connectivity index (χ0v) is 12.4. The molecule has 5 nitrogen and oxygen atoms in total. The van der Waals surface area contributed by atoms with Crippen molar-refractivity contribution in [1.29, 1.82) is 0 Å². The Morgan fingerprint density at radius 1 is 1.26 bits per heavy atom. The lowest BCUT2D eigenvalue weighted by Gasteiger charge is -2.46. The first-order chi connectivity index (χ1) is 8.89. The van der Waals surface area contributed by atoms with Gasteiger partial charge in [-0.3, -0.25) is 4.90 Å². The van der Waals surface area contributed by atoms with E-state index in [1.807, 2.05) is 25.7 Å². The minimum Gasteiger partial charge on any atom is -0.444 e. The van der Waals surface area contributed by atoms with Crippen molar-refractivity contribution in [3.8, 4) is 0 Å². The Hall–Kier alpha value is -0.810. The Kier molecular flexibility index (Phi) is 4.36. The topological polar surface area (TPSA) is 58.8 Å². The van der Waals surface area contributed by atoms with E-state index >= 15 is 0 Å². The Morgan fingerprint density at radius 3 is 2.32 bits per heavy atom. The fourth-order valence-electron chi connectivity index (χ4n) is 2.80. The predicted molar refractivity (Wildman–Crippen MR) is 74.9 cm³/mol. The van der Waals surface area contributed by atoms with Gasteiger partial charge >= 0.3 is 6.09 Å². The van der Waals surface area contributed by atoms with Gasteiger partial charge < -0.3 is 15.4 Å². The molecular formula is C14H27N3O2. The summed E-state index contributed by atoms with van der Waals surface area (Å²) in [6, 6.07) is 0.626. The van der Waals surface area contributed by atoms with Crippen LogP contribution in [0.5, 0.6) is 0 Å². The standard InChI is InChI=1S/C14H27N3O2/c1-14(2,3)19-13(18)16-6-4-12(5-7-16)17-9-11(8-15)10-17/h11-12H,4-10,15H2,1-3H3. The molecule has 0 spiro atoms. The lowest BCUT2D eigenvalue weighted by molar-refractivity contribution is -0.00119. The molecule has 2 N–H and O–H groups in total. The van der Waals surface area contributed by atoms with E-state index in [4.69, 9.17) is 10.5 Å². The number of ether oxygens (including phenoxy) is 1. The molecule has 0 bridgehead atoms. The van der Waals surface area contributed by atoms with Crippen LogP contribution in [-0.2, 0) is 4.74 Å². The van der Waals surface area contributed by atoms with Gasteiger partial charge in [-0.15, -0.1) is 0 Å². The van der Waals surface area contributed by atoms with E-state index in [1.54, 1.807) is 0 Å². The summed E-state index contributed by atoms with van der Waals surface area (Å²) in [6.45, 7) is 10.4. The third-order valence-electron chi connectivity index (χ3n) is 3.95. The summed E-state index contributed by atoms with van der Waals surface area (Å²) in [5, 5.41) is 0. The summed E-state index contributed by atoms with van der Waals surface area (Å²) < 4.78 is 5.40. The van der Waals surface area contributed by atoms with Gasteiger partial charge in [0, 0.05) is 32.2 Å². The fraction of sp³-hybridized carbons (Fsp3) is 0.929. The minimum atomic E-state index is -0.403. The number of likely N-dealkylation sites (tertiary alicyclic amines) is 2. The molecule has 2 fully saturated rings. The van der Waals surface area contributed by atoms with Gasteiger partial charge in [0.1, 0.15) is 5.60 Å². The van der Waals surface area contributed by atoms with Gasteiger partial charge in [0.25, 0.3) is 0 Å². The second kappa shape index (κ2) is 5.67. The molecule has 0 aliphatic carbocycles. The highest BCUT2D eigenvalue weighted by Gasteiger charge is 2.34. The van der Waals surface area contributed by atoms with Gasteiger partial charge in [0.2, 0.25) is 0 Å². The molecule has 0 aromatic carbocycles. The second-order valence-corrected chi connectivity index (χ2v) is 6.75. The van der Waals surface area contributed by atoms with Crippen molar-refractivity contribution in [1.82, 2.24) is 9.80 Å². The van der Waals surface area contributed by atoms with E-state index < -0.39 is 5.60 Å². The molecule has 0 saturated carbocycles. The van der Waals surface area contributed by atoms with Crippen molar-refractivity contribution in [2.45, 2.75) is 45.3 Å². The maximum Gasteiger partial charge on any atom is 0.410 e. The van der Waals surface area contributed by atoms with E-state index in [-0.39, 0.29) is 6.09 Å². The van der Waals surface area contributed by atoms with Crippen LogP contribution in [0.25, 0.3) is 0 Å². The van der Waals surface area contributed by atoms with E-state index in [9.17, 15) is 4.79 Å². The van der Waals surface area contributed by atoms with E-state index in [2.05, 4.69) is 4.90 Å². The van der Waals surface area contributed by atoms with E-state index in [0.29, 0.717) is 12.0 Å². The van der Waals surface area contributed by atoms with Crippen LogP contribution in [0.15, 0.2) is 0 Å². The van der Waals surface area contributed by atoms with Crippen molar-refractivity contribution >= 4 is 6.09 Å². The van der Waals surface area contributed by atoms with Gasteiger partial charge in [-0.1, -0.05) is 0 Å². The lowest BCUT2D eigenvalue weighted by atomic mass is 9.93. The third kappa shape index (κ3) is 3.83. The molecule has 19 heavy (non-hydrogen) atoms. The first-order valence-corrected chi connectivity index (χ1v) is 7.31. The Balaban J connectivity index is 1.72. The van der Waals surface area contributed by atoms with Crippen molar-refractivity contribution in [3.05, 3.63) is 0 Å². The number of hydrogen-bond acceptors (Lipinski definition) is 4. The number of piperidine rings is 1. The normalized spacial score (nSPS) is 23.3. The van der Waals surface area contributed by atoms with Crippen LogP contribution < -0.4 is 5.73 Å². The van der Waals surface area contributed by atoms with Crippen molar-refractivity contribution in [2.75, 3.05) is 32.7 Å². The minimum absolute atomic E-state index is 0.172. The molecule has 2 aliphatic rings. The predicted octanol–water partition coefficient (Wildman–Crippen LogP) is 1.28. The first-order valence-electron chi connectivity index (χ1n) is 7.31. The maximum atomic E-state index is 11.9. The number of rotatable bonds is 2. The number of nitrogens with two attached hydrogens (primary N) is 1. The van der Waals surface area contributed by atoms with Crippen LogP contribution in [0.3, 0.4) is 0 Å². The number of amides is 1. The summed E-state index contributed by atoms with van der Waals surface area (Å²) in [7, 11) is 0. The Bertz CT molecular complexity index is 313. The van der Waals surface area contributed by atoms with Crippen LogP contribution in [-0.4, -0.2) is 60.3 Å². The third-order valence-corrected chi connectivity index (χ3v) is 3.95. The smallest absolute Gasteiger partial charge is 0.410 e. The number of nitrogens with zero attached hydrogens (tertiary/aromatic N) is 2. The highest BCUT2D eigenvalue weighted by molar-refractivity contribution is 5.68. The SMILES string of the molecule is CC(C)(C)OC(=O)N1CCC(N2CC(CN)C2)CC1. The molecule has 110 valence electrons. The van der Waals surface area contributed by atoms with Crippen LogP contribution >= 0.6 is 0 Å². The van der Waals surface area contributed by atoms with Gasteiger partial charge in [-0.05, 0) is 46.1 Å². The van der Waals surface area contributed by atoms with Gasteiger partial charge in [-0.25, -0.2) is 4.79 Å². The number of hydrogen-bond donors (Lipinski definition) is 1. The molecule has 0 aromatic rings. The highest BCUT2D eigenvalue weighted by atomic mass is 16.6. The van der Waals surface area contributed by atoms with Crippen LogP contribution in [0, 0.1) is 5.92 Å². The molecule has 2 saturated heterocycles. The Labute approximate surface area is 116 Å². The highest BCUT2D eigenvalue weighted by Crippen LogP contribution is 2.25. The number of carbonyl (C=O) groups is 1.